The number of hydrogen-bond acceptors (Lipinski definition) is 1. The van der Waals surface area contributed by atoms with Gasteiger partial charge in [-0.25, -0.2) is 0 Å². The minimum absolute atomic E-state index is 0.687. The molecular weight excluding hydrogens is 206 g/mol. The molecule has 0 aromatic rings. The summed E-state index contributed by atoms with van der Waals surface area (Å²) in [5.74, 6) is 3.43. The van der Waals surface area contributed by atoms with Gasteiger partial charge in [0.2, 0.25) is 0 Å². The van der Waals surface area contributed by atoms with Gasteiger partial charge in [-0.15, -0.1) is 0 Å². The Hall–Kier alpha value is -0.0400. The van der Waals surface area contributed by atoms with Crippen LogP contribution in [0.2, 0.25) is 0 Å². The van der Waals surface area contributed by atoms with Crippen molar-refractivity contribution in [3.05, 3.63) is 0 Å². The van der Waals surface area contributed by atoms with Gasteiger partial charge in [-0.1, -0.05) is 41.5 Å². The van der Waals surface area contributed by atoms with Crippen molar-refractivity contribution in [3.8, 4) is 0 Å². The maximum atomic E-state index is 3.65. The number of hydrogen-bond donors (Lipinski definition) is 1. The molecule has 1 saturated carbocycles. The van der Waals surface area contributed by atoms with Crippen molar-refractivity contribution in [2.75, 3.05) is 13.1 Å². The Labute approximate surface area is 109 Å². The molecule has 102 valence electrons. The monoisotopic (exact) mass is 239 g/mol. The van der Waals surface area contributed by atoms with Crippen LogP contribution in [0.3, 0.4) is 0 Å². The fourth-order valence-electron chi connectivity index (χ4n) is 3.48. The molecule has 1 aliphatic rings. The van der Waals surface area contributed by atoms with Gasteiger partial charge in [0.15, 0.2) is 0 Å². The number of rotatable bonds is 8. The third-order valence-corrected chi connectivity index (χ3v) is 3.93. The van der Waals surface area contributed by atoms with E-state index >= 15 is 0 Å². The molecule has 0 amide bonds. The molecule has 1 unspecified atom stereocenters. The maximum absolute atomic E-state index is 3.65. The molecule has 17 heavy (non-hydrogen) atoms. The lowest BCUT2D eigenvalue weighted by molar-refractivity contribution is 0.290. The van der Waals surface area contributed by atoms with Crippen molar-refractivity contribution in [1.29, 1.82) is 0 Å². The van der Waals surface area contributed by atoms with Crippen LogP contribution >= 0.6 is 0 Å². The molecule has 1 rings (SSSR count). The Bertz CT molecular complexity index is 208. The second kappa shape index (κ2) is 6.22. The van der Waals surface area contributed by atoms with E-state index in [1.54, 1.807) is 0 Å². The molecule has 0 saturated heterocycles. The van der Waals surface area contributed by atoms with Crippen LogP contribution < -0.4 is 5.32 Å². The van der Waals surface area contributed by atoms with Crippen molar-refractivity contribution < 1.29 is 0 Å². The summed E-state index contributed by atoms with van der Waals surface area (Å²) in [6.07, 6.45) is 4.33. The molecule has 1 heteroatoms. The van der Waals surface area contributed by atoms with E-state index in [1.807, 2.05) is 0 Å². The van der Waals surface area contributed by atoms with E-state index < -0.39 is 0 Å². The summed E-state index contributed by atoms with van der Waals surface area (Å²) < 4.78 is 0. The Morgan fingerprint density at radius 1 is 0.941 bits per heavy atom. The minimum atomic E-state index is 0.687. The second-order valence-electron chi connectivity index (χ2n) is 7.51. The highest BCUT2D eigenvalue weighted by Gasteiger charge is 2.52. The highest BCUT2D eigenvalue weighted by molar-refractivity contribution is 5.03. The SMILES string of the molecule is CC(C)CNCC1CC1(CC(C)C)CC(C)C. The highest BCUT2D eigenvalue weighted by atomic mass is 14.9. The molecule has 0 radical (unpaired) electrons. The van der Waals surface area contributed by atoms with E-state index in [1.165, 1.54) is 32.4 Å². The topological polar surface area (TPSA) is 12.0 Å². The van der Waals surface area contributed by atoms with Gasteiger partial charge in [0.25, 0.3) is 0 Å². The molecule has 0 spiro atoms. The van der Waals surface area contributed by atoms with Crippen molar-refractivity contribution in [3.63, 3.8) is 0 Å². The average Bonchev–Trinajstić information content (AvgIpc) is 2.74. The van der Waals surface area contributed by atoms with E-state index in [2.05, 4.69) is 46.9 Å². The van der Waals surface area contributed by atoms with Crippen molar-refractivity contribution >= 4 is 0 Å². The van der Waals surface area contributed by atoms with Gasteiger partial charge in [-0.05, 0) is 61.4 Å². The molecule has 1 N–H and O–H groups in total. The van der Waals surface area contributed by atoms with Crippen molar-refractivity contribution in [1.82, 2.24) is 5.32 Å². The molecule has 1 nitrogen and oxygen atoms in total. The normalized spacial score (nSPS) is 22.8. The highest BCUT2D eigenvalue weighted by Crippen LogP contribution is 2.60. The maximum Gasteiger partial charge on any atom is -0.00149 e. The summed E-state index contributed by atoms with van der Waals surface area (Å²) in [4.78, 5) is 0. The van der Waals surface area contributed by atoms with Crippen LogP contribution in [0, 0.1) is 29.1 Å². The first kappa shape index (κ1) is 15.0. The Morgan fingerprint density at radius 2 is 1.47 bits per heavy atom. The molecule has 0 aromatic heterocycles. The van der Waals surface area contributed by atoms with E-state index in [-0.39, 0.29) is 0 Å². The molecule has 0 aromatic carbocycles. The zero-order valence-corrected chi connectivity index (χ0v) is 12.8. The van der Waals surface area contributed by atoms with Crippen LogP contribution in [-0.2, 0) is 0 Å². The third kappa shape index (κ3) is 4.99. The number of nitrogens with one attached hydrogen (secondary N) is 1. The first-order valence-corrected chi connectivity index (χ1v) is 7.56. The van der Waals surface area contributed by atoms with Crippen LogP contribution in [0.15, 0.2) is 0 Å². The van der Waals surface area contributed by atoms with E-state index in [0.717, 1.165) is 23.7 Å². The van der Waals surface area contributed by atoms with Gasteiger partial charge >= 0.3 is 0 Å². The second-order valence-corrected chi connectivity index (χ2v) is 7.51. The molecule has 0 heterocycles. The van der Waals surface area contributed by atoms with Crippen molar-refractivity contribution in [2.24, 2.45) is 29.1 Å². The fourth-order valence-corrected chi connectivity index (χ4v) is 3.48. The Morgan fingerprint density at radius 3 is 1.88 bits per heavy atom. The summed E-state index contributed by atoms with van der Waals surface area (Å²) in [7, 11) is 0. The first-order chi connectivity index (χ1) is 7.85. The van der Waals surface area contributed by atoms with Crippen LogP contribution in [0.4, 0.5) is 0 Å². The van der Waals surface area contributed by atoms with Gasteiger partial charge in [0, 0.05) is 0 Å². The summed E-state index contributed by atoms with van der Waals surface area (Å²) in [6, 6.07) is 0. The molecular formula is C16H33N. The lowest BCUT2D eigenvalue weighted by Gasteiger charge is -2.22. The first-order valence-electron chi connectivity index (χ1n) is 7.56. The molecule has 1 aliphatic carbocycles. The van der Waals surface area contributed by atoms with Gasteiger partial charge in [0.05, 0.1) is 0 Å². The quantitative estimate of drug-likeness (QED) is 0.665. The zero-order chi connectivity index (χ0) is 13.1. The Kier molecular flexibility index (Phi) is 5.50. The molecule has 0 bridgehead atoms. The van der Waals surface area contributed by atoms with Crippen LogP contribution in [-0.4, -0.2) is 13.1 Å². The van der Waals surface area contributed by atoms with Gasteiger partial charge in [-0.2, -0.15) is 0 Å². The summed E-state index contributed by atoms with van der Waals surface area (Å²) in [5.41, 5.74) is 0.687. The predicted molar refractivity (Wildman–Crippen MR) is 77.2 cm³/mol. The summed E-state index contributed by atoms with van der Waals surface area (Å²) >= 11 is 0. The summed E-state index contributed by atoms with van der Waals surface area (Å²) in [5, 5.41) is 3.65. The fraction of sp³-hybridized carbons (Fsp3) is 1.00. The lowest BCUT2D eigenvalue weighted by atomic mass is 9.84. The van der Waals surface area contributed by atoms with E-state index in [9.17, 15) is 0 Å². The van der Waals surface area contributed by atoms with E-state index in [0.29, 0.717) is 5.41 Å². The standard InChI is InChI=1S/C16H33N/c1-12(2)7-16(8-13(3)4)9-15(16)11-17-10-14(5)6/h12-15,17H,7-11H2,1-6H3. The van der Waals surface area contributed by atoms with E-state index in [4.69, 9.17) is 0 Å². The Balaban J connectivity index is 2.36. The average molecular weight is 239 g/mol. The van der Waals surface area contributed by atoms with Gasteiger partial charge in [0.1, 0.15) is 0 Å². The largest absolute Gasteiger partial charge is 0.316 e. The van der Waals surface area contributed by atoms with Crippen LogP contribution in [0.25, 0.3) is 0 Å². The third-order valence-electron chi connectivity index (χ3n) is 3.93. The van der Waals surface area contributed by atoms with Gasteiger partial charge in [-0.3, -0.25) is 0 Å². The van der Waals surface area contributed by atoms with Crippen molar-refractivity contribution in [2.45, 2.75) is 60.8 Å². The molecule has 1 fully saturated rings. The smallest absolute Gasteiger partial charge is 0.00149 e. The predicted octanol–water partition coefficient (Wildman–Crippen LogP) is 4.33. The summed E-state index contributed by atoms with van der Waals surface area (Å²) in [6.45, 7) is 16.5. The lowest BCUT2D eigenvalue weighted by Crippen LogP contribution is -2.25. The molecule has 0 aliphatic heterocycles. The van der Waals surface area contributed by atoms with Crippen LogP contribution in [0.1, 0.15) is 60.8 Å². The zero-order valence-electron chi connectivity index (χ0n) is 12.8. The molecule has 1 atom stereocenters. The minimum Gasteiger partial charge on any atom is -0.316 e. The van der Waals surface area contributed by atoms with Gasteiger partial charge < -0.3 is 5.32 Å². The van der Waals surface area contributed by atoms with Crippen LogP contribution in [0.5, 0.6) is 0 Å².